The zero-order valence-electron chi connectivity index (χ0n) is 29.0. The van der Waals surface area contributed by atoms with Crippen LogP contribution in [-0.4, -0.2) is 15.0 Å². The van der Waals surface area contributed by atoms with Crippen LogP contribution in [0.3, 0.4) is 0 Å². The van der Waals surface area contributed by atoms with E-state index in [0.717, 1.165) is 27.5 Å². The Hall–Kier alpha value is -5.65. The lowest BCUT2D eigenvalue weighted by atomic mass is 10.0. The van der Waals surface area contributed by atoms with Gasteiger partial charge in [0.2, 0.25) is 0 Å². The van der Waals surface area contributed by atoms with Crippen molar-refractivity contribution in [2.24, 2.45) is 0 Å². The molecule has 0 fully saturated rings. The Bertz CT molecular complexity index is 2840. The summed E-state index contributed by atoms with van der Waals surface area (Å²) in [5, 5.41) is 2.39. The first kappa shape index (κ1) is 19.5. The van der Waals surface area contributed by atoms with Crippen LogP contribution in [0.2, 0.25) is 0 Å². The summed E-state index contributed by atoms with van der Waals surface area (Å²) < 4.78 is 61.1. The maximum atomic E-state index is 9.47. The summed E-state index contributed by atoms with van der Waals surface area (Å²) >= 11 is 1.19. The van der Waals surface area contributed by atoms with E-state index in [-0.39, 0.29) is 53.0 Å². The smallest absolute Gasteiger partial charge is 0.164 e. The van der Waals surface area contributed by atoms with Gasteiger partial charge in [0.25, 0.3) is 0 Å². The molecule has 0 aliphatic rings. The summed E-state index contributed by atoms with van der Waals surface area (Å²) in [5.74, 6) is 0.757. The molecule has 9 aromatic rings. The summed E-state index contributed by atoms with van der Waals surface area (Å²) in [7, 11) is 0. The van der Waals surface area contributed by atoms with Crippen LogP contribution in [0.4, 0.5) is 0 Å². The van der Waals surface area contributed by atoms with Crippen molar-refractivity contribution in [3.63, 3.8) is 0 Å². The van der Waals surface area contributed by atoms with Gasteiger partial charge in [0.15, 0.2) is 17.5 Å². The number of rotatable bonds is 4. The average Bonchev–Trinajstić information content (AvgIpc) is 3.73. The van der Waals surface area contributed by atoms with Gasteiger partial charge < -0.3 is 4.42 Å². The molecule has 5 heteroatoms. The van der Waals surface area contributed by atoms with Gasteiger partial charge in [0.1, 0.15) is 11.2 Å². The second-order valence-corrected chi connectivity index (χ2v) is 11.4. The van der Waals surface area contributed by atoms with Crippen LogP contribution in [0, 0.1) is 0 Å². The zero-order chi connectivity index (χ0) is 34.3. The molecule has 0 unspecified atom stereocenters. The lowest BCUT2D eigenvalue weighted by Crippen LogP contribution is -2.00. The van der Waals surface area contributed by atoms with Gasteiger partial charge in [0, 0.05) is 47.6 Å². The number of hydrogen-bond acceptors (Lipinski definition) is 5. The standard InChI is InChI=1S/C39H23N3OS/c1-3-10-24(11-4-1)28-15-9-16-31-30-20-18-27(23-35(30)44-36(28)31)39-41-37(25-12-5-2-6-13-25)40-38(42-39)26-19-21-34-32(22-26)29-14-7-8-17-33(29)43-34/h1-23H/i9D,15D,16D,18D,20D,23D. The Kier molecular flexibility index (Phi) is 4.42. The van der Waals surface area contributed by atoms with Crippen LogP contribution in [-0.2, 0) is 0 Å². The van der Waals surface area contributed by atoms with Crippen molar-refractivity contribution in [2.75, 3.05) is 0 Å². The highest BCUT2D eigenvalue weighted by molar-refractivity contribution is 7.26. The molecule has 0 saturated carbocycles. The van der Waals surface area contributed by atoms with Crippen LogP contribution in [0.25, 0.3) is 87.4 Å². The van der Waals surface area contributed by atoms with Crippen LogP contribution < -0.4 is 0 Å². The van der Waals surface area contributed by atoms with Crippen molar-refractivity contribution in [2.45, 2.75) is 0 Å². The number of aromatic nitrogens is 3. The second kappa shape index (κ2) is 9.97. The molecule has 6 aromatic carbocycles. The third-order valence-electron chi connectivity index (χ3n) is 7.65. The number of para-hydroxylation sites is 1. The Morgan fingerprint density at radius 3 is 2.02 bits per heavy atom. The van der Waals surface area contributed by atoms with Gasteiger partial charge >= 0.3 is 0 Å². The van der Waals surface area contributed by atoms with E-state index in [1.54, 1.807) is 0 Å². The number of furan rings is 1. The third kappa shape index (κ3) is 4.09. The van der Waals surface area contributed by atoms with Gasteiger partial charge in [0.05, 0.1) is 8.22 Å². The monoisotopic (exact) mass is 587 g/mol. The molecule has 0 atom stereocenters. The zero-order valence-corrected chi connectivity index (χ0v) is 23.8. The van der Waals surface area contributed by atoms with Crippen molar-refractivity contribution >= 4 is 53.4 Å². The summed E-state index contributed by atoms with van der Waals surface area (Å²) in [6, 6.07) is 31.0. The molecule has 0 radical (unpaired) electrons. The summed E-state index contributed by atoms with van der Waals surface area (Å²) in [6.07, 6.45) is 0. The molecule has 0 bridgehead atoms. The van der Waals surface area contributed by atoms with Crippen molar-refractivity contribution in [1.29, 1.82) is 0 Å². The number of fused-ring (bicyclic) bond motifs is 6. The highest BCUT2D eigenvalue weighted by Gasteiger charge is 2.16. The minimum Gasteiger partial charge on any atom is -0.456 e. The van der Waals surface area contributed by atoms with E-state index in [2.05, 4.69) is 0 Å². The molecule has 0 spiro atoms. The van der Waals surface area contributed by atoms with E-state index in [4.69, 9.17) is 23.5 Å². The van der Waals surface area contributed by atoms with Gasteiger partial charge in [-0.25, -0.2) is 15.0 Å². The Labute approximate surface area is 265 Å². The number of hydrogen-bond donors (Lipinski definition) is 0. The predicted molar refractivity (Wildman–Crippen MR) is 182 cm³/mol. The quantitative estimate of drug-likeness (QED) is 0.205. The van der Waals surface area contributed by atoms with E-state index >= 15 is 0 Å². The van der Waals surface area contributed by atoms with Crippen molar-refractivity contribution in [3.05, 3.63) is 139 Å². The van der Waals surface area contributed by atoms with E-state index in [1.807, 2.05) is 103 Å². The molecule has 206 valence electrons. The molecule has 3 aromatic heterocycles. The van der Waals surface area contributed by atoms with Gasteiger partial charge in [-0.1, -0.05) is 109 Å². The summed E-state index contributed by atoms with van der Waals surface area (Å²) in [4.78, 5) is 14.5. The molecule has 0 saturated heterocycles. The fourth-order valence-electron chi connectivity index (χ4n) is 5.53. The number of nitrogens with zero attached hydrogens (tertiary/aromatic N) is 3. The van der Waals surface area contributed by atoms with Crippen molar-refractivity contribution in [1.82, 2.24) is 15.0 Å². The van der Waals surface area contributed by atoms with Crippen LogP contribution in [0.15, 0.2) is 144 Å². The number of benzene rings is 6. The molecule has 9 rings (SSSR count). The largest absolute Gasteiger partial charge is 0.456 e. The van der Waals surface area contributed by atoms with E-state index in [1.165, 1.54) is 11.3 Å². The van der Waals surface area contributed by atoms with E-state index in [0.29, 0.717) is 43.1 Å². The Balaban J connectivity index is 1.33. The molecule has 44 heavy (non-hydrogen) atoms. The Morgan fingerprint density at radius 2 is 1.20 bits per heavy atom. The topological polar surface area (TPSA) is 51.8 Å². The van der Waals surface area contributed by atoms with Crippen molar-refractivity contribution < 1.29 is 12.6 Å². The normalized spacial score (nSPS) is 13.5. The average molecular weight is 588 g/mol. The first-order valence-electron chi connectivity index (χ1n) is 17.0. The van der Waals surface area contributed by atoms with E-state index in [9.17, 15) is 4.11 Å². The van der Waals surface area contributed by atoms with Gasteiger partial charge in [-0.05, 0) is 41.4 Å². The summed E-state index contributed by atoms with van der Waals surface area (Å²) in [5.41, 5.74) is 4.12. The first-order chi connectivity index (χ1) is 24.3. The molecule has 4 nitrogen and oxygen atoms in total. The molecular formula is C39H23N3OS. The highest BCUT2D eigenvalue weighted by Crippen LogP contribution is 2.41. The van der Waals surface area contributed by atoms with E-state index < -0.39 is 0 Å². The van der Waals surface area contributed by atoms with Gasteiger partial charge in [-0.2, -0.15) is 0 Å². The molecule has 0 amide bonds. The maximum absolute atomic E-state index is 9.47. The minimum absolute atomic E-state index is 0.0638. The fraction of sp³-hybridized carbons (Fsp3) is 0. The SMILES string of the molecule is [2H]c1c([2H])c([2H])c2c(sc3c([2H])c(-c4nc(-c5ccccc5)nc(-c5ccc6oc7ccccc7c6c5)n4)c([2H])c([2H])c32)c1-c1ccccc1. The Morgan fingerprint density at radius 1 is 0.523 bits per heavy atom. The van der Waals surface area contributed by atoms with Crippen LogP contribution in [0.1, 0.15) is 8.22 Å². The number of thiophene rings is 1. The minimum atomic E-state index is -0.269. The van der Waals surface area contributed by atoms with Gasteiger partial charge in [-0.3, -0.25) is 0 Å². The maximum Gasteiger partial charge on any atom is 0.164 e. The lowest BCUT2D eigenvalue weighted by Gasteiger charge is -2.08. The fourth-order valence-corrected chi connectivity index (χ4v) is 6.67. The molecule has 0 N–H and O–H groups in total. The molecule has 3 heterocycles. The lowest BCUT2D eigenvalue weighted by molar-refractivity contribution is 0.669. The van der Waals surface area contributed by atoms with Crippen LogP contribution >= 0.6 is 11.3 Å². The highest BCUT2D eigenvalue weighted by atomic mass is 32.1. The molecule has 0 aliphatic heterocycles. The summed E-state index contributed by atoms with van der Waals surface area (Å²) in [6.45, 7) is 0. The second-order valence-electron chi connectivity index (χ2n) is 10.4. The predicted octanol–water partition coefficient (Wildman–Crippen LogP) is 10.8. The first-order valence-corrected chi connectivity index (χ1v) is 14.9. The van der Waals surface area contributed by atoms with Gasteiger partial charge in [-0.15, -0.1) is 11.3 Å². The third-order valence-corrected chi connectivity index (χ3v) is 8.77. The van der Waals surface area contributed by atoms with Crippen LogP contribution in [0.5, 0.6) is 0 Å². The molecule has 0 aliphatic carbocycles. The van der Waals surface area contributed by atoms with Crippen molar-refractivity contribution in [3.8, 4) is 45.3 Å². The molecular weight excluding hydrogens is 559 g/mol.